The fourth-order valence-corrected chi connectivity index (χ4v) is 2.18. The number of hydrogen-bond donors (Lipinski definition) is 1. The third-order valence-corrected chi connectivity index (χ3v) is 3.56. The SMILES string of the molecule is CC(CN)CCC(=O)N1CCOc2ccccc2C1. The second kappa shape index (κ2) is 6.57. The van der Waals surface area contributed by atoms with E-state index in [-0.39, 0.29) is 5.91 Å². The molecule has 1 aromatic carbocycles. The first-order valence-corrected chi connectivity index (χ1v) is 6.89. The number of carbonyl (C=O) groups is 1. The number of ether oxygens (including phenoxy) is 1. The van der Waals surface area contributed by atoms with E-state index in [9.17, 15) is 4.79 Å². The summed E-state index contributed by atoms with van der Waals surface area (Å²) >= 11 is 0. The molecule has 0 fully saturated rings. The van der Waals surface area contributed by atoms with Crippen LogP contribution in [0.3, 0.4) is 0 Å². The predicted molar refractivity (Wildman–Crippen MR) is 74.8 cm³/mol. The average molecular weight is 262 g/mol. The van der Waals surface area contributed by atoms with Crippen molar-refractivity contribution in [1.82, 2.24) is 4.90 Å². The van der Waals surface area contributed by atoms with Crippen LogP contribution in [0, 0.1) is 5.92 Å². The fraction of sp³-hybridized carbons (Fsp3) is 0.533. The second-order valence-electron chi connectivity index (χ2n) is 5.15. The van der Waals surface area contributed by atoms with E-state index < -0.39 is 0 Å². The molecule has 1 heterocycles. The van der Waals surface area contributed by atoms with Crippen molar-refractivity contribution >= 4 is 5.91 Å². The Morgan fingerprint density at radius 2 is 2.26 bits per heavy atom. The van der Waals surface area contributed by atoms with Gasteiger partial charge in [-0.1, -0.05) is 25.1 Å². The lowest BCUT2D eigenvalue weighted by Gasteiger charge is -2.20. The number of fused-ring (bicyclic) bond motifs is 1. The number of amides is 1. The van der Waals surface area contributed by atoms with Crippen LogP contribution in [0.4, 0.5) is 0 Å². The molecular formula is C15H22N2O2. The Balaban J connectivity index is 1.96. The fourth-order valence-electron chi connectivity index (χ4n) is 2.18. The molecular weight excluding hydrogens is 240 g/mol. The van der Waals surface area contributed by atoms with Crippen molar-refractivity contribution in [2.45, 2.75) is 26.3 Å². The first-order chi connectivity index (χ1) is 9.20. The third-order valence-electron chi connectivity index (χ3n) is 3.56. The summed E-state index contributed by atoms with van der Waals surface area (Å²) in [7, 11) is 0. The molecule has 0 saturated carbocycles. The van der Waals surface area contributed by atoms with Crippen LogP contribution in [-0.4, -0.2) is 30.5 Å². The Morgan fingerprint density at radius 3 is 3.05 bits per heavy atom. The van der Waals surface area contributed by atoms with Gasteiger partial charge in [-0.05, 0) is 24.9 Å². The number of benzene rings is 1. The molecule has 4 nitrogen and oxygen atoms in total. The van der Waals surface area contributed by atoms with E-state index in [0.717, 1.165) is 17.7 Å². The Hall–Kier alpha value is -1.55. The van der Waals surface area contributed by atoms with Gasteiger partial charge in [0.1, 0.15) is 12.4 Å². The molecule has 0 bridgehead atoms. The number of para-hydroxylation sites is 1. The zero-order valence-electron chi connectivity index (χ0n) is 11.5. The van der Waals surface area contributed by atoms with E-state index in [1.807, 2.05) is 29.2 Å². The number of carbonyl (C=O) groups excluding carboxylic acids is 1. The van der Waals surface area contributed by atoms with Crippen molar-refractivity contribution in [1.29, 1.82) is 0 Å². The molecule has 4 heteroatoms. The van der Waals surface area contributed by atoms with Gasteiger partial charge >= 0.3 is 0 Å². The molecule has 0 aliphatic carbocycles. The third kappa shape index (κ3) is 3.70. The van der Waals surface area contributed by atoms with Crippen LogP contribution in [0.2, 0.25) is 0 Å². The smallest absolute Gasteiger partial charge is 0.222 e. The maximum absolute atomic E-state index is 12.2. The average Bonchev–Trinajstić information content (AvgIpc) is 2.66. The summed E-state index contributed by atoms with van der Waals surface area (Å²) in [6.07, 6.45) is 1.43. The van der Waals surface area contributed by atoms with Gasteiger partial charge in [0.05, 0.1) is 6.54 Å². The molecule has 0 radical (unpaired) electrons. The largest absolute Gasteiger partial charge is 0.491 e. The molecule has 2 rings (SSSR count). The molecule has 104 valence electrons. The summed E-state index contributed by atoms with van der Waals surface area (Å²) < 4.78 is 5.66. The zero-order chi connectivity index (χ0) is 13.7. The summed E-state index contributed by atoms with van der Waals surface area (Å²) in [6.45, 7) is 4.58. The van der Waals surface area contributed by atoms with Gasteiger partial charge in [-0.3, -0.25) is 4.79 Å². The van der Waals surface area contributed by atoms with Crippen LogP contribution in [0.25, 0.3) is 0 Å². The van der Waals surface area contributed by atoms with Crippen LogP contribution < -0.4 is 10.5 Å². The monoisotopic (exact) mass is 262 g/mol. The van der Waals surface area contributed by atoms with Crippen molar-refractivity contribution < 1.29 is 9.53 Å². The summed E-state index contributed by atoms with van der Waals surface area (Å²) in [5.74, 6) is 1.49. The highest BCUT2D eigenvalue weighted by Gasteiger charge is 2.19. The van der Waals surface area contributed by atoms with Crippen LogP contribution >= 0.6 is 0 Å². The lowest BCUT2D eigenvalue weighted by molar-refractivity contribution is -0.132. The lowest BCUT2D eigenvalue weighted by atomic mass is 10.1. The first kappa shape index (κ1) is 13.9. The van der Waals surface area contributed by atoms with Crippen LogP contribution in [-0.2, 0) is 11.3 Å². The minimum Gasteiger partial charge on any atom is -0.491 e. The highest BCUT2D eigenvalue weighted by Crippen LogP contribution is 2.23. The molecule has 2 N–H and O–H groups in total. The Bertz CT molecular complexity index is 434. The van der Waals surface area contributed by atoms with Gasteiger partial charge in [-0.2, -0.15) is 0 Å². The van der Waals surface area contributed by atoms with E-state index in [2.05, 4.69) is 6.92 Å². The van der Waals surface area contributed by atoms with Gasteiger partial charge in [-0.15, -0.1) is 0 Å². The van der Waals surface area contributed by atoms with E-state index in [0.29, 0.717) is 38.6 Å². The normalized spacial score (nSPS) is 16.2. The van der Waals surface area contributed by atoms with Gasteiger partial charge in [0.2, 0.25) is 5.91 Å². The van der Waals surface area contributed by atoms with Crippen molar-refractivity contribution in [3.8, 4) is 5.75 Å². The molecule has 0 aromatic heterocycles. The van der Waals surface area contributed by atoms with Crippen molar-refractivity contribution in [3.05, 3.63) is 29.8 Å². The van der Waals surface area contributed by atoms with Gasteiger partial charge < -0.3 is 15.4 Å². The Kier molecular flexibility index (Phi) is 4.80. The van der Waals surface area contributed by atoms with Crippen LogP contribution in [0.15, 0.2) is 24.3 Å². The molecule has 1 unspecified atom stereocenters. The van der Waals surface area contributed by atoms with Crippen molar-refractivity contribution in [3.63, 3.8) is 0 Å². The van der Waals surface area contributed by atoms with E-state index >= 15 is 0 Å². The van der Waals surface area contributed by atoms with E-state index in [1.165, 1.54) is 0 Å². The molecule has 19 heavy (non-hydrogen) atoms. The number of hydrogen-bond acceptors (Lipinski definition) is 3. The number of nitrogens with two attached hydrogens (primary N) is 1. The summed E-state index contributed by atoms with van der Waals surface area (Å²) in [5, 5.41) is 0. The topological polar surface area (TPSA) is 55.6 Å². The summed E-state index contributed by atoms with van der Waals surface area (Å²) in [6, 6.07) is 7.91. The summed E-state index contributed by atoms with van der Waals surface area (Å²) in [4.78, 5) is 14.1. The van der Waals surface area contributed by atoms with Crippen molar-refractivity contribution in [2.24, 2.45) is 11.7 Å². The second-order valence-corrected chi connectivity index (χ2v) is 5.15. The van der Waals surface area contributed by atoms with Gasteiger partial charge in [0.25, 0.3) is 0 Å². The standard InChI is InChI=1S/C15H22N2O2/c1-12(10-16)6-7-15(18)17-8-9-19-14-5-3-2-4-13(14)11-17/h2-5,12H,6-11,16H2,1H3. The van der Waals surface area contributed by atoms with E-state index in [4.69, 9.17) is 10.5 Å². The molecule has 0 spiro atoms. The quantitative estimate of drug-likeness (QED) is 0.900. The zero-order valence-corrected chi connectivity index (χ0v) is 11.5. The summed E-state index contributed by atoms with van der Waals surface area (Å²) in [5.41, 5.74) is 6.66. The van der Waals surface area contributed by atoms with Gasteiger partial charge in [0.15, 0.2) is 0 Å². The van der Waals surface area contributed by atoms with Crippen molar-refractivity contribution in [2.75, 3.05) is 19.7 Å². The Morgan fingerprint density at radius 1 is 1.47 bits per heavy atom. The molecule has 0 saturated heterocycles. The Labute approximate surface area is 114 Å². The molecule has 1 aromatic rings. The van der Waals surface area contributed by atoms with Crippen LogP contribution in [0.1, 0.15) is 25.3 Å². The molecule has 1 amide bonds. The number of rotatable bonds is 4. The number of nitrogens with zero attached hydrogens (tertiary/aromatic N) is 1. The van der Waals surface area contributed by atoms with Gasteiger partial charge in [-0.25, -0.2) is 0 Å². The maximum Gasteiger partial charge on any atom is 0.222 e. The molecule has 1 aliphatic heterocycles. The van der Waals surface area contributed by atoms with E-state index in [1.54, 1.807) is 0 Å². The van der Waals surface area contributed by atoms with Gasteiger partial charge in [0, 0.05) is 18.5 Å². The molecule has 1 atom stereocenters. The lowest BCUT2D eigenvalue weighted by Crippen LogP contribution is -2.32. The minimum absolute atomic E-state index is 0.195. The highest BCUT2D eigenvalue weighted by atomic mass is 16.5. The highest BCUT2D eigenvalue weighted by molar-refractivity contribution is 5.76. The van der Waals surface area contributed by atoms with Crippen LogP contribution in [0.5, 0.6) is 5.75 Å². The minimum atomic E-state index is 0.195. The molecule has 1 aliphatic rings. The first-order valence-electron chi connectivity index (χ1n) is 6.89. The predicted octanol–water partition coefficient (Wildman–Crippen LogP) is 1.78. The maximum atomic E-state index is 12.2.